The van der Waals surface area contributed by atoms with Crippen molar-refractivity contribution < 1.29 is 9.13 Å². The van der Waals surface area contributed by atoms with Gasteiger partial charge in [0.15, 0.2) is 5.82 Å². The maximum atomic E-state index is 15.4. The summed E-state index contributed by atoms with van der Waals surface area (Å²) in [5, 5.41) is 4.36. The minimum atomic E-state index is -0.312. The van der Waals surface area contributed by atoms with Crippen molar-refractivity contribution in [2.45, 2.75) is 26.3 Å². The molecule has 0 amide bonds. The summed E-state index contributed by atoms with van der Waals surface area (Å²) in [5.41, 5.74) is 6.95. The molecule has 7 rings (SSSR count). The van der Waals surface area contributed by atoms with Crippen LogP contribution in [0.1, 0.15) is 29.5 Å². The predicted octanol–water partition coefficient (Wildman–Crippen LogP) is 7.56. The molecular formula is C35H32FN5O. The molecule has 1 N–H and O–H groups in total. The lowest BCUT2D eigenvalue weighted by Crippen LogP contribution is -2.25. The number of aliphatic imine (C=N–C) groups is 1. The number of aromatic nitrogens is 2. The van der Waals surface area contributed by atoms with Crippen LogP contribution in [0.5, 0.6) is 5.75 Å². The van der Waals surface area contributed by atoms with Crippen molar-refractivity contribution in [2.24, 2.45) is 4.99 Å². The summed E-state index contributed by atoms with van der Waals surface area (Å²) >= 11 is 0. The molecule has 0 radical (unpaired) electrons. The number of likely N-dealkylation sites (tertiary alicyclic amines) is 1. The molecule has 2 aliphatic heterocycles. The zero-order valence-electron chi connectivity index (χ0n) is 23.6. The molecule has 3 heterocycles. The summed E-state index contributed by atoms with van der Waals surface area (Å²) in [6.45, 7) is 6.57. The summed E-state index contributed by atoms with van der Waals surface area (Å²) in [6.07, 6.45) is 4.42. The molecule has 1 saturated heterocycles. The molecule has 4 aromatic carbocycles. The highest BCUT2D eigenvalue weighted by atomic mass is 19.1. The largest absolute Gasteiger partial charge is 0.492 e. The molecule has 0 unspecified atom stereocenters. The van der Waals surface area contributed by atoms with Crippen LogP contribution in [-0.2, 0) is 6.54 Å². The van der Waals surface area contributed by atoms with Crippen molar-refractivity contribution in [3.8, 4) is 28.3 Å². The van der Waals surface area contributed by atoms with Gasteiger partial charge in [-0.05, 0) is 85.4 Å². The average Bonchev–Trinajstić information content (AvgIpc) is 3.70. The van der Waals surface area contributed by atoms with Crippen LogP contribution in [0.15, 0.2) is 83.9 Å². The second kappa shape index (κ2) is 11.3. The first-order valence-electron chi connectivity index (χ1n) is 14.5. The minimum Gasteiger partial charge on any atom is -0.492 e. The summed E-state index contributed by atoms with van der Waals surface area (Å²) in [4.78, 5) is 16.7. The van der Waals surface area contributed by atoms with Gasteiger partial charge in [0.05, 0.1) is 12.1 Å². The highest BCUT2D eigenvalue weighted by Crippen LogP contribution is 2.34. The normalized spacial score (nSPS) is 14.4. The van der Waals surface area contributed by atoms with Crippen LogP contribution in [0, 0.1) is 12.7 Å². The predicted molar refractivity (Wildman–Crippen MR) is 167 cm³/mol. The van der Waals surface area contributed by atoms with Gasteiger partial charge >= 0.3 is 0 Å². The lowest BCUT2D eigenvalue weighted by atomic mass is 10.0. The third kappa shape index (κ3) is 5.35. The van der Waals surface area contributed by atoms with E-state index in [0.29, 0.717) is 35.9 Å². The minimum absolute atomic E-state index is 0.312. The SMILES string of the molecule is Cc1cc2nc(-c3ccc(-c4ccccc4)c(F)c3)nc(Nc3ccc4c(c3)C=NC4)c2cc1OCCN1CCCC1. The fraction of sp³-hybridized carbons (Fsp3) is 0.229. The first-order valence-corrected chi connectivity index (χ1v) is 14.5. The number of benzene rings is 4. The van der Waals surface area contributed by atoms with E-state index >= 15 is 4.39 Å². The van der Waals surface area contributed by atoms with Crippen molar-refractivity contribution in [1.29, 1.82) is 0 Å². The van der Waals surface area contributed by atoms with E-state index in [1.54, 1.807) is 6.07 Å². The second-order valence-corrected chi connectivity index (χ2v) is 11.0. The van der Waals surface area contributed by atoms with Crippen molar-refractivity contribution in [1.82, 2.24) is 14.9 Å². The van der Waals surface area contributed by atoms with E-state index in [4.69, 9.17) is 14.7 Å². The van der Waals surface area contributed by atoms with Gasteiger partial charge < -0.3 is 10.1 Å². The number of halogens is 1. The monoisotopic (exact) mass is 557 g/mol. The van der Waals surface area contributed by atoms with Gasteiger partial charge in [-0.1, -0.05) is 48.5 Å². The molecule has 6 nitrogen and oxygen atoms in total. The smallest absolute Gasteiger partial charge is 0.162 e. The Labute approximate surface area is 244 Å². The van der Waals surface area contributed by atoms with E-state index < -0.39 is 0 Å². The van der Waals surface area contributed by atoms with Crippen LogP contribution >= 0.6 is 0 Å². The molecule has 42 heavy (non-hydrogen) atoms. The molecule has 0 atom stereocenters. The Hall–Kier alpha value is -4.62. The van der Waals surface area contributed by atoms with Crippen molar-refractivity contribution >= 4 is 28.6 Å². The summed E-state index contributed by atoms with van der Waals surface area (Å²) in [6, 6.07) is 25.0. The molecule has 1 fully saturated rings. The topological polar surface area (TPSA) is 62.6 Å². The van der Waals surface area contributed by atoms with Crippen LogP contribution in [0.3, 0.4) is 0 Å². The van der Waals surface area contributed by atoms with Gasteiger partial charge in [0.25, 0.3) is 0 Å². The van der Waals surface area contributed by atoms with Gasteiger partial charge in [-0.25, -0.2) is 14.4 Å². The van der Waals surface area contributed by atoms with E-state index in [9.17, 15) is 0 Å². The number of anilines is 2. The molecule has 0 saturated carbocycles. The van der Waals surface area contributed by atoms with Crippen LogP contribution in [0.2, 0.25) is 0 Å². The number of ether oxygens (including phenoxy) is 1. The molecule has 5 aromatic rings. The lowest BCUT2D eigenvalue weighted by Gasteiger charge is -2.17. The first-order chi connectivity index (χ1) is 20.6. The van der Waals surface area contributed by atoms with Gasteiger partial charge in [0, 0.05) is 35.0 Å². The lowest BCUT2D eigenvalue weighted by molar-refractivity contribution is 0.237. The van der Waals surface area contributed by atoms with Crippen LogP contribution < -0.4 is 10.1 Å². The zero-order chi connectivity index (χ0) is 28.5. The Morgan fingerprint density at radius 2 is 1.76 bits per heavy atom. The van der Waals surface area contributed by atoms with E-state index in [1.807, 2.05) is 67.7 Å². The molecule has 7 heteroatoms. The van der Waals surface area contributed by atoms with E-state index in [-0.39, 0.29) is 5.82 Å². The van der Waals surface area contributed by atoms with E-state index in [0.717, 1.165) is 58.7 Å². The van der Waals surface area contributed by atoms with Gasteiger partial charge in [-0.2, -0.15) is 0 Å². The van der Waals surface area contributed by atoms with Crippen molar-refractivity contribution in [3.05, 3.63) is 101 Å². The van der Waals surface area contributed by atoms with Crippen molar-refractivity contribution in [3.63, 3.8) is 0 Å². The molecule has 0 aliphatic carbocycles. The number of fused-ring (bicyclic) bond motifs is 2. The molecule has 1 aromatic heterocycles. The molecule has 2 aliphatic rings. The highest BCUT2D eigenvalue weighted by molar-refractivity contribution is 5.94. The number of nitrogens with one attached hydrogen (secondary N) is 1. The van der Waals surface area contributed by atoms with Gasteiger partial charge in [-0.15, -0.1) is 0 Å². The zero-order valence-corrected chi connectivity index (χ0v) is 23.6. The Morgan fingerprint density at radius 3 is 2.60 bits per heavy atom. The van der Waals surface area contributed by atoms with Crippen LogP contribution in [0.25, 0.3) is 33.4 Å². The number of rotatable bonds is 8. The van der Waals surface area contributed by atoms with Crippen LogP contribution in [-0.4, -0.2) is 47.3 Å². The first kappa shape index (κ1) is 26.3. The Kier molecular flexibility index (Phi) is 7.10. The van der Waals surface area contributed by atoms with Crippen LogP contribution in [0.4, 0.5) is 15.9 Å². The Balaban J connectivity index is 1.27. The fourth-order valence-electron chi connectivity index (χ4n) is 5.75. The third-order valence-electron chi connectivity index (χ3n) is 8.07. The highest BCUT2D eigenvalue weighted by Gasteiger charge is 2.17. The Bertz CT molecular complexity index is 1800. The number of hydrogen-bond acceptors (Lipinski definition) is 6. The van der Waals surface area contributed by atoms with Gasteiger partial charge in [0.2, 0.25) is 0 Å². The standard InChI is InChI=1S/C35H32FN5O/c1-23-17-32-30(20-33(23)42-16-15-41-13-5-6-14-41)35(38-28-11-9-26-21-37-22-27(26)18-28)40-34(39-32)25-10-12-29(31(36)19-25)24-7-3-2-4-8-24/h2-4,7-12,17-20,22H,5-6,13-16,21H2,1H3,(H,38,39,40). The number of nitrogens with zero attached hydrogens (tertiary/aromatic N) is 4. The van der Waals surface area contributed by atoms with Gasteiger partial charge in [0.1, 0.15) is 24.0 Å². The quantitative estimate of drug-likeness (QED) is 0.213. The maximum Gasteiger partial charge on any atom is 0.162 e. The van der Waals surface area contributed by atoms with Crippen molar-refractivity contribution in [2.75, 3.05) is 31.6 Å². The van der Waals surface area contributed by atoms with E-state index in [1.165, 1.54) is 24.5 Å². The number of hydrogen-bond donors (Lipinski definition) is 1. The van der Waals surface area contributed by atoms with Gasteiger partial charge in [-0.3, -0.25) is 9.89 Å². The van der Waals surface area contributed by atoms with E-state index in [2.05, 4.69) is 27.3 Å². The molecule has 0 bridgehead atoms. The third-order valence-corrected chi connectivity index (χ3v) is 8.07. The number of aryl methyl sites for hydroxylation is 1. The molecular weight excluding hydrogens is 525 g/mol. The Morgan fingerprint density at radius 1 is 0.905 bits per heavy atom. The summed E-state index contributed by atoms with van der Waals surface area (Å²) in [5.74, 6) is 1.60. The second-order valence-electron chi connectivity index (χ2n) is 11.0. The maximum absolute atomic E-state index is 15.4. The molecule has 0 spiro atoms. The molecule has 210 valence electrons. The summed E-state index contributed by atoms with van der Waals surface area (Å²) in [7, 11) is 0. The summed E-state index contributed by atoms with van der Waals surface area (Å²) < 4.78 is 21.6. The average molecular weight is 558 g/mol. The fourth-order valence-corrected chi connectivity index (χ4v) is 5.75.